The Labute approximate surface area is 258 Å². The van der Waals surface area contributed by atoms with Crippen molar-refractivity contribution >= 4 is 28.1 Å². The number of amides is 1. The van der Waals surface area contributed by atoms with Crippen molar-refractivity contribution in [2.24, 2.45) is 0 Å². The largest absolute Gasteiger partial charge is 0.496 e. The summed E-state index contributed by atoms with van der Waals surface area (Å²) in [6.45, 7) is 0.559. The summed E-state index contributed by atoms with van der Waals surface area (Å²) in [5, 5.41) is 16.6. The zero-order valence-corrected chi connectivity index (χ0v) is 25.3. The van der Waals surface area contributed by atoms with Gasteiger partial charge in [0.2, 0.25) is 5.88 Å². The second-order valence-electron chi connectivity index (χ2n) is 10.9. The summed E-state index contributed by atoms with van der Waals surface area (Å²) in [5.41, 5.74) is 8.59. The van der Waals surface area contributed by atoms with Crippen LogP contribution in [-0.4, -0.2) is 52.4 Å². The van der Waals surface area contributed by atoms with Crippen LogP contribution in [0.4, 0.5) is 0 Å². The molecule has 222 valence electrons. The van der Waals surface area contributed by atoms with Gasteiger partial charge in [-0.25, -0.2) is 4.98 Å². The fourth-order valence-corrected chi connectivity index (χ4v) is 6.99. The highest BCUT2D eigenvalue weighted by atomic mass is 32.1. The van der Waals surface area contributed by atoms with E-state index in [0.29, 0.717) is 17.9 Å². The number of hydrogen-bond acceptors (Lipinski definition) is 6. The first-order valence-corrected chi connectivity index (χ1v) is 15.4. The second kappa shape index (κ2) is 11.7. The first-order chi connectivity index (χ1) is 21.6. The van der Waals surface area contributed by atoms with Gasteiger partial charge in [-0.3, -0.25) is 4.79 Å². The number of methoxy groups -OCH3 is 2. The minimum Gasteiger partial charge on any atom is -0.496 e. The van der Waals surface area contributed by atoms with Gasteiger partial charge in [0.15, 0.2) is 0 Å². The predicted molar refractivity (Wildman–Crippen MR) is 174 cm³/mol. The zero-order chi connectivity index (χ0) is 30.2. The molecule has 9 heteroatoms. The first-order valence-electron chi connectivity index (χ1n) is 14.5. The van der Waals surface area contributed by atoms with Crippen molar-refractivity contribution in [3.05, 3.63) is 101 Å². The summed E-state index contributed by atoms with van der Waals surface area (Å²) in [5.74, 6) is 1.11. The van der Waals surface area contributed by atoms with Crippen molar-refractivity contribution in [3.63, 3.8) is 0 Å². The van der Waals surface area contributed by atoms with Crippen LogP contribution < -0.4 is 14.8 Å². The fourth-order valence-electron chi connectivity index (χ4n) is 6.20. The summed E-state index contributed by atoms with van der Waals surface area (Å²) in [7, 11) is 3.28. The number of rotatable bonds is 9. The second-order valence-corrected chi connectivity index (χ2v) is 11.8. The molecule has 8 nitrogen and oxygen atoms in total. The molecule has 5 heterocycles. The molecule has 44 heavy (non-hydrogen) atoms. The number of pyridine rings is 1. The van der Waals surface area contributed by atoms with Gasteiger partial charge in [0.1, 0.15) is 5.75 Å². The third-order valence-corrected chi connectivity index (χ3v) is 9.23. The van der Waals surface area contributed by atoms with E-state index in [1.807, 2.05) is 54.0 Å². The molecule has 1 amide bonds. The highest BCUT2D eigenvalue weighted by Gasteiger charge is 2.29. The minimum atomic E-state index is -0.444. The van der Waals surface area contributed by atoms with Crippen LogP contribution in [0, 0.1) is 0 Å². The standard InChI is InChI=1S/C35H32N4O4S/c1-42-31-15-21-11-12-39-30(26(21)16-27(31)22-9-10-33(43-2)37-18-22)17-28(34(39)32-8-5-13-44-32)35(41)38-24(20-40)14-23-19-36-29-7-4-3-6-25(23)29/h3-10,13,15-19,24,36,40H,11-12,14,20H2,1-2H3,(H,38,41)/t24-/m1/s1. The molecule has 4 aromatic heterocycles. The molecule has 0 saturated heterocycles. The van der Waals surface area contributed by atoms with E-state index >= 15 is 0 Å². The lowest BCUT2D eigenvalue weighted by molar-refractivity contribution is 0.0917. The van der Waals surface area contributed by atoms with Crippen LogP contribution >= 0.6 is 11.3 Å². The lowest BCUT2D eigenvalue weighted by atomic mass is 9.93. The number of hydrogen-bond donors (Lipinski definition) is 3. The van der Waals surface area contributed by atoms with Crippen LogP contribution in [0.1, 0.15) is 21.5 Å². The van der Waals surface area contributed by atoms with Gasteiger partial charge in [0.25, 0.3) is 5.91 Å². The molecule has 1 atom stereocenters. The SMILES string of the molecule is COc1ccc(-c2cc3c(cc2OC)CCn2c-3cc(C(=O)N[C@@H](CO)Cc3c[nH]c4ccccc34)c2-c2cccs2)cn1. The van der Waals surface area contributed by atoms with E-state index in [1.165, 1.54) is 0 Å². The first kappa shape index (κ1) is 27.9. The molecule has 0 fully saturated rings. The smallest absolute Gasteiger partial charge is 0.253 e. The monoisotopic (exact) mass is 604 g/mol. The maximum atomic E-state index is 14.0. The topological polar surface area (TPSA) is 101 Å². The number of nitrogens with zero attached hydrogens (tertiary/aromatic N) is 2. The Morgan fingerprint density at radius 3 is 2.73 bits per heavy atom. The average molecular weight is 605 g/mol. The lowest BCUT2D eigenvalue weighted by Crippen LogP contribution is -2.39. The Bertz CT molecular complexity index is 1960. The summed E-state index contributed by atoms with van der Waals surface area (Å²) in [6, 6.07) is 21.7. The number of ether oxygens (including phenoxy) is 2. The van der Waals surface area contributed by atoms with E-state index in [-0.39, 0.29) is 12.5 Å². The Hall–Kier alpha value is -4.86. The molecule has 3 N–H and O–H groups in total. The molecule has 1 aliphatic rings. The maximum absolute atomic E-state index is 14.0. The fraction of sp³-hybridized carbons (Fsp3) is 0.200. The van der Waals surface area contributed by atoms with Crippen molar-refractivity contribution in [1.82, 2.24) is 19.9 Å². The van der Waals surface area contributed by atoms with Crippen LogP contribution in [-0.2, 0) is 19.4 Å². The Kier molecular flexibility index (Phi) is 7.41. The number of aliphatic hydroxyl groups is 1. The summed E-state index contributed by atoms with van der Waals surface area (Å²) in [4.78, 5) is 22.7. The molecule has 0 aliphatic carbocycles. The van der Waals surface area contributed by atoms with Gasteiger partial charge in [0, 0.05) is 58.3 Å². The zero-order valence-electron chi connectivity index (χ0n) is 24.5. The van der Waals surface area contributed by atoms with Crippen molar-refractivity contribution < 1.29 is 19.4 Å². The molecular weight excluding hydrogens is 572 g/mol. The van der Waals surface area contributed by atoms with Crippen LogP contribution in [0.5, 0.6) is 11.6 Å². The van der Waals surface area contributed by atoms with Crippen LogP contribution in [0.3, 0.4) is 0 Å². The molecule has 0 spiro atoms. The molecule has 6 aromatic rings. The molecule has 0 bridgehead atoms. The van der Waals surface area contributed by atoms with Gasteiger partial charge >= 0.3 is 0 Å². The number of aromatic amines is 1. The van der Waals surface area contributed by atoms with Crippen LogP contribution in [0.25, 0.3) is 43.9 Å². The number of thiophene rings is 1. The highest BCUT2D eigenvalue weighted by Crippen LogP contribution is 2.43. The number of aromatic nitrogens is 3. The molecule has 0 radical (unpaired) electrons. The van der Waals surface area contributed by atoms with Crippen molar-refractivity contribution in [1.29, 1.82) is 0 Å². The third kappa shape index (κ3) is 4.94. The maximum Gasteiger partial charge on any atom is 0.253 e. The van der Waals surface area contributed by atoms with E-state index in [0.717, 1.165) is 73.7 Å². The lowest BCUT2D eigenvalue weighted by Gasteiger charge is -2.23. The van der Waals surface area contributed by atoms with Gasteiger partial charge in [0.05, 0.1) is 43.0 Å². The molecule has 0 unspecified atom stereocenters. The number of fused-ring (bicyclic) bond motifs is 4. The number of H-pyrrole nitrogens is 1. The molecule has 1 aliphatic heterocycles. The van der Waals surface area contributed by atoms with E-state index in [4.69, 9.17) is 9.47 Å². The Morgan fingerprint density at radius 1 is 1.09 bits per heavy atom. The van der Waals surface area contributed by atoms with Crippen LogP contribution in [0.2, 0.25) is 0 Å². The molecular formula is C35H32N4O4S. The molecule has 0 saturated carbocycles. The third-order valence-electron chi connectivity index (χ3n) is 8.36. The van der Waals surface area contributed by atoms with Crippen molar-refractivity contribution in [2.75, 3.05) is 20.8 Å². The van der Waals surface area contributed by atoms with Crippen molar-refractivity contribution in [2.45, 2.75) is 25.4 Å². The number of para-hydroxylation sites is 1. The van der Waals surface area contributed by atoms with E-state index < -0.39 is 6.04 Å². The average Bonchev–Trinajstić information content (AvgIpc) is 3.83. The van der Waals surface area contributed by atoms with Crippen molar-refractivity contribution in [3.8, 4) is 44.6 Å². The van der Waals surface area contributed by atoms with E-state index in [1.54, 1.807) is 31.8 Å². The number of carbonyl (C=O) groups excluding carboxylic acids is 1. The van der Waals surface area contributed by atoms with E-state index in [9.17, 15) is 9.90 Å². The quantitative estimate of drug-likeness (QED) is 0.179. The molecule has 7 rings (SSSR count). The number of benzene rings is 2. The van der Waals surface area contributed by atoms with Gasteiger partial charge < -0.3 is 29.4 Å². The Balaban J connectivity index is 1.28. The predicted octanol–water partition coefficient (Wildman–Crippen LogP) is 6.33. The van der Waals surface area contributed by atoms with Gasteiger partial charge in [-0.15, -0.1) is 11.3 Å². The van der Waals surface area contributed by atoms with Gasteiger partial charge in [-0.05, 0) is 65.7 Å². The number of aliphatic hydroxyl groups excluding tert-OH is 1. The number of nitrogens with one attached hydrogen (secondary N) is 2. The number of aryl methyl sites for hydroxylation is 1. The normalized spacial score (nSPS) is 12.9. The summed E-state index contributed by atoms with van der Waals surface area (Å²) in [6.07, 6.45) is 5.04. The summed E-state index contributed by atoms with van der Waals surface area (Å²) < 4.78 is 13.3. The highest BCUT2D eigenvalue weighted by molar-refractivity contribution is 7.13. The van der Waals surface area contributed by atoms with Crippen LogP contribution in [0.15, 0.2) is 84.5 Å². The Morgan fingerprint density at radius 2 is 1.98 bits per heavy atom. The molecule has 2 aromatic carbocycles. The minimum absolute atomic E-state index is 0.172. The summed E-state index contributed by atoms with van der Waals surface area (Å²) >= 11 is 1.61. The van der Waals surface area contributed by atoms with Gasteiger partial charge in [-0.2, -0.15) is 0 Å². The number of carbonyl (C=O) groups is 1. The van der Waals surface area contributed by atoms with E-state index in [2.05, 4.69) is 44.1 Å². The van der Waals surface area contributed by atoms with Gasteiger partial charge in [-0.1, -0.05) is 24.3 Å².